The molecule has 0 aliphatic carbocycles. The minimum absolute atomic E-state index is 0.331. The summed E-state index contributed by atoms with van der Waals surface area (Å²) in [7, 11) is 0. The fourth-order valence-corrected chi connectivity index (χ4v) is 2.43. The predicted octanol–water partition coefficient (Wildman–Crippen LogP) is 2.95. The van der Waals surface area contributed by atoms with E-state index in [-0.39, 0.29) is 5.97 Å². The SMILES string of the molecule is CCOC(=O)c1ccc(-n2c(C)nc3c(Cl)nccc32)nc1. The van der Waals surface area contributed by atoms with Gasteiger partial charge in [0.1, 0.15) is 17.2 Å². The number of carbonyl (C=O) groups excluding carboxylic acids is 1. The van der Waals surface area contributed by atoms with Crippen molar-refractivity contribution in [2.24, 2.45) is 0 Å². The summed E-state index contributed by atoms with van der Waals surface area (Å²) in [5.41, 5.74) is 1.85. The van der Waals surface area contributed by atoms with Crippen molar-refractivity contribution < 1.29 is 9.53 Å². The van der Waals surface area contributed by atoms with Crippen LogP contribution in [-0.4, -0.2) is 32.1 Å². The lowest BCUT2D eigenvalue weighted by molar-refractivity contribution is 0.0526. The van der Waals surface area contributed by atoms with Crippen molar-refractivity contribution in [1.29, 1.82) is 0 Å². The van der Waals surface area contributed by atoms with Crippen LogP contribution in [0.3, 0.4) is 0 Å². The van der Waals surface area contributed by atoms with Gasteiger partial charge in [-0.15, -0.1) is 0 Å². The fraction of sp³-hybridized carbons (Fsp3) is 0.200. The zero-order valence-electron chi connectivity index (χ0n) is 12.1. The second kappa shape index (κ2) is 5.73. The Labute approximate surface area is 131 Å². The number of carbonyl (C=O) groups is 1. The molecule has 0 saturated carbocycles. The summed E-state index contributed by atoms with van der Waals surface area (Å²) < 4.78 is 6.80. The number of fused-ring (bicyclic) bond motifs is 1. The topological polar surface area (TPSA) is 69.9 Å². The molecule has 0 aliphatic heterocycles. The van der Waals surface area contributed by atoms with Gasteiger partial charge in [-0.25, -0.2) is 19.7 Å². The van der Waals surface area contributed by atoms with Gasteiger partial charge >= 0.3 is 5.97 Å². The number of aromatic nitrogens is 4. The van der Waals surface area contributed by atoms with Gasteiger partial charge in [-0.05, 0) is 32.0 Å². The van der Waals surface area contributed by atoms with Crippen LogP contribution < -0.4 is 0 Å². The van der Waals surface area contributed by atoms with Crippen molar-refractivity contribution in [3.05, 3.63) is 47.1 Å². The van der Waals surface area contributed by atoms with E-state index >= 15 is 0 Å². The fourth-order valence-electron chi connectivity index (χ4n) is 2.23. The maximum absolute atomic E-state index is 11.7. The van der Waals surface area contributed by atoms with E-state index in [1.165, 1.54) is 6.20 Å². The predicted molar refractivity (Wildman–Crippen MR) is 82.4 cm³/mol. The maximum Gasteiger partial charge on any atom is 0.339 e. The van der Waals surface area contributed by atoms with Gasteiger partial charge in [0.15, 0.2) is 5.15 Å². The van der Waals surface area contributed by atoms with Gasteiger partial charge < -0.3 is 4.74 Å². The molecule has 112 valence electrons. The lowest BCUT2D eigenvalue weighted by atomic mass is 10.3. The minimum Gasteiger partial charge on any atom is -0.462 e. The molecule has 3 rings (SSSR count). The van der Waals surface area contributed by atoms with E-state index in [0.717, 1.165) is 11.3 Å². The summed E-state index contributed by atoms with van der Waals surface area (Å²) in [6.07, 6.45) is 3.11. The summed E-state index contributed by atoms with van der Waals surface area (Å²) in [5.74, 6) is 0.998. The summed E-state index contributed by atoms with van der Waals surface area (Å²) in [6.45, 7) is 3.95. The van der Waals surface area contributed by atoms with E-state index in [2.05, 4.69) is 15.0 Å². The molecule has 0 saturated heterocycles. The van der Waals surface area contributed by atoms with E-state index in [1.54, 1.807) is 25.3 Å². The van der Waals surface area contributed by atoms with Crippen molar-refractivity contribution in [3.63, 3.8) is 0 Å². The van der Waals surface area contributed by atoms with Crippen molar-refractivity contribution >= 4 is 28.6 Å². The molecule has 6 nitrogen and oxygen atoms in total. The number of aryl methyl sites for hydroxylation is 1. The van der Waals surface area contributed by atoms with Gasteiger partial charge in [-0.1, -0.05) is 11.6 Å². The molecule has 0 aromatic carbocycles. The van der Waals surface area contributed by atoms with Gasteiger partial charge in [0.05, 0.1) is 17.7 Å². The lowest BCUT2D eigenvalue weighted by Gasteiger charge is -2.07. The Bertz CT molecular complexity index is 843. The first-order chi connectivity index (χ1) is 10.6. The highest BCUT2D eigenvalue weighted by molar-refractivity contribution is 6.33. The average molecular weight is 317 g/mol. The molecular formula is C15H13ClN4O2. The third-order valence-corrected chi connectivity index (χ3v) is 3.46. The molecule has 3 aromatic heterocycles. The number of hydrogen-bond acceptors (Lipinski definition) is 5. The minimum atomic E-state index is -0.388. The van der Waals surface area contributed by atoms with E-state index in [0.29, 0.717) is 28.7 Å². The number of hydrogen-bond donors (Lipinski definition) is 0. The van der Waals surface area contributed by atoms with E-state index < -0.39 is 0 Å². The smallest absolute Gasteiger partial charge is 0.339 e. The summed E-state index contributed by atoms with van der Waals surface area (Å²) in [5, 5.41) is 0.350. The molecule has 0 aliphatic rings. The first-order valence-electron chi connectivity index (χ1n) is 6.75. The van der Waals surface area contributed by atoms with E-state index in [1.807, 2.05) is 17.6 Å². The van der Waals surface area contributed by atoms with Crippen LogP contribution in [0.2, 0.25) is 5.15 Å². The number of pyridine rings is 2. The van der Waals surface area contributed by atoms with Crippen molar-refractivity contribution in [2.45, 2.75) is 13.8 Å². The van der Waals surface area contributed by atoms with Crippen LogP contribution >= 0.6 is 11.6 Å². The molecule has 7 heteroatoms. The Morgan fingerprint density at radius 1 is 1.32 bits per heavy atom. The van der Waals surface area contributed by atoms with Gasteiger partial charge in [0, 0.05) is 12.4 Å². The zero-order chi connectivity index (χ0) is 15.7. The second-order valence-corrected chi connectivity index (χ2v) is 4.95. The highest BCUT2D eigenvalue weighted by Gasteiger charge is 2.14. The average Bonchev–Trinajstić information content (AvgIpc) is 2.85. The van der Waals surface area contributed by atoms with Crippen LogP contribution in [0.4, 0.5) is 0 Å². The molecule has 0 bridgehead atoms. The highest BCUT2D eigenvalue weighted by Crippen LogP contribution is 2.24. The molecule has 0 N–H and O–H groups in total. The number of ether oxygens (including phenoxy) is 1. The van der Waals surface area contributed by atoms with Crippen LogP contribution in [0.5, 0.6) is 0 Å². The van der Waals surface area contributed by atoms with Crippen LogP contribution in [-0.2, 0) is 4.74 Å². The first-order valence-corrected chi connectivity index (χ1v) is 7.12. The first kappa shape index (κ1) is 14.5. The van der Waals surface area contributed by atoms with Crippen molar-refractivity contribution in [1.82, 2.24) is 19.5 Å². The van der Waals surface area contributed by atoms with E-state index in [9.17, 15) is 4.79 Å². The number of rotatable bonds is 3. The van der Waals surface area contributed by atoms with Crippen LogP contribution in [0.25, 0.3) is 16.9 Å². The van der Waals surface area contributed by atoms with Crippen molar-refractivity contribution in [2.75, 3.05) is 6.61 Å². The largest absolute Gasteiger partial charge is 0.462 e. The third kappa shape index (κ3) is 2.42. The Kier molecular flexibility index (Phi) is 3.77. The van der Waals surface area contributed by atoms with Gasteiger partial charge in [-0.3, -0.25) is 4.57 Å². The molecule has 0 amide bonds. The number of esters is 1. The number of nitrogens with zero attached hydrogens (tertiary/aromatic N) is 4. The van der Waals surface area contributed by atoms with Gasteiger partial charge in [-0.2, -0.15) is 0 Å². The standard InChI is InChI=1S/C15H13ClN4O2/c1-3-22-15(21)10-4-5-12(18-8-10)20-9(2)19-13-11(20)6-7-17-14(13)16/h4-8H,3H2,1-2H3. The molecule has 22 heavy (non-hydrogen) atoms. The second-order valence-electron chi connectivity index (χ2n) is 4.59. The Balaban J connectivity index is 2.07. The lowest BCUT2D eigenvalue weighted by Crippen LogP contribution is -2.06. The normalized spacial score (nSPS) is 10.9. The summed E-state index contributed by atoms with van der Waals surface area (Å²) >= 11 is 6.06. The van der Waals surface area contributed by atoms with Crippen molar-refractivity contribution in [3.8, 4) is 5.82 Å². The number of imidazole rings is 1. The third-order valence-electron chi connectivity index (χ3n) is 3.18. The molecule has 0 spiro atoms. The molecule has 0 radical (unpaired) electrons. The summed E-state index contributed by atoms with van der Waals surface area (Å²) in [4.78, 5) is 24.4. The molecule has 0 fully saturated rings. The Hall–Kier alpha value is -2.47. The Morgan fingerprint density at radius 3 is 2.82 bits per heavy atom. The monoisotopic (exact) mass is 316 g/mol. The maximum atomic E-state index is 11.7. The van der Waals surface area contributed by atoms with Crippen LogP contribution in [0.15, 0.2) is 30.6 Å². The molecule has 3 aromatic rings. The number of halogens is 1. The van der Waals surface area contributed by atoms with Gasteiger partial charge in [0.25, 0.3) is 0 Å². The molecule has 3 heterocycles. The molecule has 0 unspecified atom stereocenters. The molecular weight excluding hydrogens is 304 g/mol. The Morgan fingerprint density at radius 2 is 2.14 bits per heavy atom. The quantitative estimate of drug-likeness (QED) is 0.549. The van der Waals surface area contributed by atoms with Crippen LogP contribution in [0, 0.1) is 6.92 Å². The summed E-state index contributed by atoms with van der Waals surface area (Å²) in [6, 6.07) is 5.24. The highest BCUT2D eigenvalue weighted by atomic mass is 35.5. The van der Waals surface area contributed by atoms with E-state index in [4.69, 9.17) is 16.3 Å². The molecule has 0 atom stereocenters. The van der Waals surface area contributed by atoms with Gasteiger partial charge in [0.2, 0.25) is 0 Å². The van der Waals surface area contributed by atoms with Crippen LogP contribution in [0.1, 0.15) is 23.1 Å². The zero-order valence-corrected chi connectivity index (χ0v) is 12.8.